The van der Waals surface area contributed by atoms with Crippen LogP contribution >= 0.6 is 0 Å². The molecule has 0 saturated heterocycles. The molecule has 0 aromatic heterocycles. The summed E-state index contributed by atoms with van der Waals surface area (Å²) in [6, 6.07) is 21.0. The first-order valence-electron chi connectivity index (χ1n) is 9.54. The van der Waals surface area contributed by atoms with Gasteiger partial charge in [0, 0.05) is 17.5 Å². The van der Waals surface area contributed by atoms with Crippen molar-refractivity contribution in [1.29, 1.82) is 0 Å². The van der Waals surface area contributed by atoms with Gasteiger partial charge in [0.05, 0.1) is 16.7 Å². The van der Waals surface area contributed by atoms with E-state index in [-0.39, 0.29) is 22.4 Å². The number of aromatic hydroxyl groups is 1. The number of sulfone groups is 1. The molecule has 0 fully saturated rings. The van der Waals surface area contributed by atoms with Gasteiger partial charge in [0.15, 0.2) is 9.84 Å². The van der Waals surface area contributed by atoms with Gasteiger partial charge in [0.1, 0.15) is 5.75 Å². The molecule has 0 amide bonds. The topological polar surface area (TPSA) is 57.6 Å². The molecule has 0 saturated carbocycles. The molecule has 4 nitrogen and oxygen atoms in total. The average molecular weight is 406 g/mol. The van der Waals surface area contributed by atoms with Gasteiger partial charge in [-0.05, 0) is 54.8 Å². The zero-order valence-electron chi connectivity index (χ0n) is 16.4. The molecule has 0 bridgehead atoms. The van der Waals surface area contributed by atoms with Gasteiger partial charge >= 0.3 is 0 Å². The molecule has 4 rings (SSSR count). The largest absolute Gasteiger partial charge is 0.508 e. The van der Waals surface area contributed by atoms with E-state index in [4.69, 9.17) is 0 Å². The first kappa shape index (κ1) is 19.3. The van der Waals surface area contributed by atoms with Crippen molar-refractivity contribution in [3.8, 4) is 16.9 Å². The molecule has 0 spiro atoms. The van der Waals surface area contributed by atoms with E-state index in [1.807, 2.05) is 30.5 Å². The van der Waals surface area contributed by atoms with Crippen molar-refractivity contribution in [1.82, 2.24) is 0 Å². The molecule has 1 atom stereocenters. The van der Waals surface area contributed by atoms with Crippen molar-refractivity contribution < 1.29 is 13.5 Å². The summed E-state index contributed by atoms with van der Waals surface area (Å²) < 4.78 is 25.4. The lowest BCUT2D eigenvalue weighted by molar-refractivity contribution is 0.470. The number of rotatable bonds is 4. The SMILES string of the molecule is Cc1cc(S(=O)(=O)CC=CN2c3ccccc3-c3ccccc3C2C)ccc1O. The number of hydrogen-bond acceptors (Lipinski definition) is 4. The lowest BCUT2D eigenvalue weighted by Gasteiger charge is -2.36. The number of nitrogens with zero attached hydrogens (tertiary/aromatic N) is 1. The number of phenols is 1. The van der Waals surface area contributed by atoms with Gasteiger partial charge in [-0.3, -0.25) is 0 Å². The highest BCUT2D eigenvalue weighted by Gasteiger charge is 2.26. The zero-order valence-corrected chi connectivity index (χ0v) is 17.2. The van der Waals surface area contributed by atoms with Crippen molar-refractivity contribution >= 4 is 15.5 Å². The van der Waals surface area contributed by atoms with E-state index in [9.17, 15) is 13.5 Å². The molecule has 3 aromatic rings. The Morgan fingerprint density at radius 1 is 1.00 bits per heavy atom. The van der Waals surface area contributed by atoms with E-state index in [0.717, 1.165) is 11.3 Å². The Bertz CT molecular complexity index is 1200. The maximum absolute atomic E-state index is 12.7. The van der Waals surface area contributed by atoms with E-state index < -0.39 is 9.84 Å². The lowest BCUT2D eigenvalue weighted by Crippen LogP contribution is -2.25. The highest BCUT2D eigenvalue weighted by Crippen LogP contribution is 2.44. The van der Waals surface area contributed by atoms with Crippen molar-refractivity contribution in [2.24, 2.45) is 0 Å². The monoisotopic (exact) mass is 405 g/mol. The van der Waals surface area contributed by atoms with Crippen LogP contribution in [0.2, 0.25) is 0 Å². The van der Waals surface area contributed by atoms with Gasteiger partial charge in [-0.2, -0.15) is 0 Å². The quantitative estimate of drug-likeness (QED) is 0.645. The zero-order chi connectivity index (χ0) is 20.6. The van der Waals surface area contributed by atoms with Gasteiger partial charge in [-0.25, -0.2) is 8.42 Å². The number of fused-ring (bicyclic) bond motifs is 3. The minimum absolute atomic E-state index is 0.0935. The van der Waals surface area contributed by atoms with Crippen LogP contribution in [-0.2, 0) is 9.84 Å². The number of anilines is 1. The van der Waals surface area contributed by atoms with Crippen LogP contribution in [0, 0.1) is 6.92 Å². The standard InChI is InChI=1S/C24H23NO3S/c1-17-16-19(12-13-24(17)26)29(27,28)15-7-14-25-18(2)20-8-3-4-9-21(20)22-10-5-6-11-23(22)25/h3-14,16,18,26H,15H2,1-2H3. The summed E-state index contributed by atoms with van der Waals surface area (Å²) in [6.45, 7) is 3.81. The summed E-state index contributed by atoms with van der Waals surface area (Å²) in [5.41, 5.74) is 5.18. The summed E-state index contributed by atoms with van der Waals surface area (Å²) in [6.07, 6.45) is 3.56. The summed E-state index contributed by atoms with van der Waals surface area (Å²) in [7, 11) is -3.48. The van der Waals surface area contributed by atoms with Crippen LogP contribution < -0.4 is 4.90 Å². The second-order valence-electron chi connectivity index (χ2n) is 7.30. The molecule has 148 valence electrons. The number of phenolic OH excluding ortho intramolecular Hbond substituents is 1. The number of hydrogen-bond donors (Lipinski definition) is 1. The summed E-state index contributed by atoms with van der Waals surface area (Å²) in [4.78, 5) is 2.34. The van der Waals surface area contributed by atoms with E-state index in [2.05, 4.69) is 36.1 Å². The fourth-order valence-corrected chi connectivity index (χ4v) is 4.97. The van der Waals surface area contributed by atoms with Crippen LogP contribution in [-0.4, -0.2) is 19.3 Å². The van der Waals surface area contributed by atoms with Gasteiger partial charge in [0.25, 0.3) is 0 Å². The molecule has 29 heavy (non-hydrogen) atoms. The van der Waals surface area contributed by atoms with Crippen LogP contribution in [0.15, 0.2) is 83.9 Å². The van der Waals surface area contributed by atoms with Gasteiger partial charge in [-0.1, -0.05) is 48.5 Å². The number of para-hydroxylation sites is 1. The molecule has 5 heteroatoms. The highest BCUT2D eigenvalue weighted by atomic mass is 32.2. The lowest BCUT2D eigenvalue weighted by atomic mass is 9.89. The fourth-order valence-electron chi connectivity index (χ4n) is 3.80. The normalized spacial score (nSPS) is 15.9. The van der Waals surface area contributed by atoms with Crippen LogP contribution in [0.25, 0.3) is 11.1 Å². The van der Waals surface area contributed by atoms with Crippen molar-refractivity contribution in [2.75, 3.05) is 10.7 Å². The third kappa shape index (κ3) is 3.54. The second kappa shape index (κ2) is 7.41. The summed E-state index contributed by atoms with van der Waals surface area (Å²) in [5, 5.41) is 9.64. The average Bonchev–Trinajstić information content (AvgIpc) is 2.72. The molecule has 1 aliphatic heterocycles. The molecule has 3 aromatic carbocycles. The van der Waals surface area contributed by atoms with Crippen LogP contribution in [0.3, 0.4) is 0 Å². The predicted octanol–water partition coefficient (Wildman–Crippen LogP) is 5.24. The Kier molecular flexibility index (Phi) is 4.92. The van der Waals surface area contributed by atoms with E-state index in [1.54, 1.807) is 13.0 Å². The second-order valence-corrected chi connectivity index (χ2v) is 9.34. The van der Waals surface area contributed by atoms with Crippen molar-refractivity contribution in [3.63, 3.8) is 0 Å². The predicted molar refractivity (Wildman–Crippen MR) is 117 cm³/mol. The van der Waals surface area contributed by atoms with Gasteiger partial charge in [0.2, 0.25) is 0 Å². The summed E-state index contributed by atoms with van der Waals surface area (Å²) >= 11 is 0. The Balaban J connectivity index is 1.64. The Labute approximate surface area is 171 Å². The van der Waals surface area contributed by atoms with E-state index in [1.165, 1.54) is 29.3 Å². The van der Waals surface area contributed by atoms with Gasteiger partial charge < -0.3 is 10.0 Å². The maximum atomic E-state index is 12.7. The highest BCUT2D eigenvalue weighted by molar-refractivity contribution is 7.91. The fraction of sp³-hybridized carbons (Fsp3) is 0.167. The minimum atomic E-state index is -3.48. The first-order valence-corrected chi connectivity index (χ1v) is 11.2. The van der Waals surface area contributed by atoms with Gasteiger partial charge in [-0.15, -0.1) is 0 Å². The Morgan fingerprint density at radius 2 is 1.69 bits per heavy atom. The molecule has 1 aliphatic rings. The maximum Gasteiger partial charge on any atom is 0.181 e. The number of benzene rings is 3. The van der Waals surface area contributed by atoms with E-state index in [0.29, 0.717) is 5.56 Å². The molecule has 0 radical (unpaired) electrons. The Hall–Kier alpha value is -3.05. The van der Waals surface area contributed by atoms with Crippen LogP contribution in [0.5, 0.6) is 5.75 Å². The summed E-state index contributed by atoms with van der Waals surface area (Å²) in [5.74, 6) is -0.0125. The molecule has 1 unspecified atom stereocenters. The van der Waals surface area contributed by atoms with Crippen LogP contribution in [0.1, 0.15) is 24.1 Å². The van der Waals surface area contributed by atoms with Crippen molar-refractivity contribution in [2.45, 2.75) is 24.8 Å². The third-order valence-corrected chi connectivity index (χ3v) is 7.01. The smallest absolute Gasteiger partial charge is 0.181 e. The third-order valence-electron chi connectivity index (χ3n) is 5.41. The molecule has 1 N–H and O–H groups in total. The first-order chi connectivity index (χ1) is 13.9. The number of aryl methyl sites for hydroxylation is 1. The minimum Gasteiger partial charge on any atom is -0.508 e. The molecule has 1 heterocycles. The van der Waals surface area contributed by atoms with E-state index >= 15 is 0 Å². The molecule has 0 aliphatic carbocycles. The molecular formula is C24H23NO3S. The molecular weight excluding hydrogens is 382 g/mol. The van der Waals surface area contributed by atoms with Crippen LogP contribution in [0.4, 0.5) is 5.69 Å². The Morgan fingerprint density at radius 3 is 2.45 bits per heavy atom. The van der Waals surface area contributed by atoms with Crippen molar-refractivity contribution in [3.05, 3.63) is 90.1 Å².